The topological polar surface area (TPSA) is 69.0 Å². The van der Waals surface area contributed by atoms with Crippen LogP contribution < -0.4 is 10.9 Å². The molecule has 6 heteroatoms. The fraction of sp³-hybridized carbons (Fsp3) is 0.400. The van der Waals surface area contributed by atoms with Gasteiger partial charge in [0.1, 0.15) is 0 Å². The molecule has 3 aromatic rings. The molecule has 4 rings (SSSR count). The van der Waals surface area contributed by atoms with E-state index in [2.05, 4.69) is 55.3 Å². The minimum absolute atomic E-state index is 0.0503. The minimum atomic E-state index is -0.354. The maximum absolute atomic E-state index is 12.7. The summed E-state index contributed by atoms with van der Waals surface area (Å²) >= 11 is 0. The third-order valence-corrected chi connectivity index (χ3v) is 6.09. The van der Waals surface area contributed by atoms with Gasteiger partial charge in [-0.05, 0) is 41.5 Å². The molecule has 1 aromatic carbocycles. The van der Waals surface area contributed by atoms with E-state index >= 15 is 0 Å². The second-order valence-corrected chi connectivity index (χ2v) is 9.25. The van der Waals surface area contributed by atoms with Crippen LogP contribution >= 0.6 is 0 Å². The van der Waals surface area contributed by atoms with E-state index in [1.807, 2.05) is 12.1 Å². The van der Waals surface area contributed by atoms with Crippen molar-refractivity contribution in [2.24, 2.45) is 7.05 Å². The number of rotatable bonds is 4. The third kappa shape index (κ3) is 4.39. The maximum atomic E-state index is 12.7. The number of nitrogens with zero attached hydrogens (tertiary/aromatic N) is 3. The van der Waals surface area contributed by atoms with Gasteiger partial charge < -0.3 is 10.1 Å². The van der Waals surface area contributed by atoms with Crippen LogP contribution in [0.3, 0.4) is 0 Å². The second kappa shape index (κ2) is 8.27. The number of ether oxygens (including phenoxy) is 1. The highest BCUT2D eigenvalue weighted by atomic mass is 16.5. The van der Waals surface area contributed by atoms with Gasteiger partial charge in [0.2, 0.25) is 5.95 Å². The Balaban J connectivity index is 1.79. The Morgan fingerprint density at radius 2 is 1.77 bits per heavy atom. The van der Waals surface area contributed by atoms with Crippen molar-refractivity contribution in [1.82, 2.24) is 14.5 Å². The van der Waals surface area contributed by atoms with Gasteiger partial charge in [-0.25, -0.2) is 4.98 Å². The van der Waals surface area contributed by atoms with Crippen LogP contribution in [0.5, 0.6) is 0 Å². The van der Waals surface area contributed by atoms with Gasteiger partial charge in [-0.1, -0.05) is 45.0 Å². The maximum Gasteiger partial charge on any atom is 0.255 e. The summed E-state index contributed by atoms with van der Waals surface area (Å²) in [7, 11) is 1.76. The smallest absolute Gasteiger partial charge is 0.255 e. The molecule has 6 nitrogen and oxygen atoms in total. The van der Waals surface area contributed by atoms with Gasteiger partial charge in [0.15, 0.2) is 0 Å². The van der Waals surface area contributed by atoms with E-state index in [0.29, 0.717) is 24.9 Å². The lowest BCUT2D eigenvalue weighted by Gasteiger charge is -2.40. The highest BCUT2D eigenvalue weighted by Gasteiger charge is 2.36. The quantitative estimate of drug-likeness (QED) is 0.686. The number of hydrogen-bond acceptors (Lipinski definition) is 5. The largest absolute Gasteiger partial charge is 0.381 e. The predicted octanol–water partition coefficient (Wildman–Crippen LogP) is 4.26. The molecule has 1 aliphatic heterocycles. The molecule has 1 aliphatic rings. The number of nitrogens with one attached hydrogen (secondary N) is 1. The Bertz CT molecular complexity index is 1110. The van der Waals surface area contributed by atoms with E-state index in [1.54, 1.807) is 30.1 Å². The lowest BCUT2D eigenvalue weighted by atomic mass is 9.79. The van der Waals surface area contributed by atoms with Crippen LogP contribution in [0.2, 0.25) is 0 Å². The average molecular weight is 419 g/mol. The van der Waals surface area contributed by atoms with Gasteiger partial charge in [0.25, 0.3) is 5.56 Å². The molecule has 31 heavy (non-hydrogen) atoms. The van der Waals surface area contributed by atoms with Crippen molar-refractivity contribution in [3.05, 3.63) is 76.3 Å². The van der Waals surface area contributed by atoms with Gasteiger partial charge >= 0.3 is 0 Å². The first-order chi connectivity index (χ1) is 14.8. The van der Waals surface area contributed by atoms with Crippen LogP contribution in [0.25, 0.3) is 11.3 Å². The van der Waals surface area contributed by atoms with Crippen LogP contribution in [0.15, 0.2) is 59.7 Å². The molecule has 162 valence electrons. The Hall–Kier alpha value is -2.99. The number of anilines is 1. The molecule has 1 N–H and O–H groups in total. The van der Waals surface area contributed by atoms with Gasteiger partial charge in [0.05, 0.1) is 11.2 Å². The summed E-state index contributed by atoms with van der Waals surface area (Å²) in [6.07, 6.45) is 5.02. The summed E-state index contributed by atoms with van der Waals surface area (Å²) in [5.74, 6) is 0.558. The zero-order valence-corrected chi connectivity index (χ0v) is 18.7. The van der Waals surface area contributed by atoms with Crippen LogP contribution in [0.1, 0.15) is 44.7 Å². The highest BCUT2D eigenvalue weighted by molar-refractivity contribution is 5.59. The van der Waals surface area contributed by atoms with Crippen LogP contribution in [-0.2, 0) is 22.7 Å². The first-order valence-corrected chi connectivity index (χ1v) is 10.7. The third-order valence-electron chi connectivity index (χ3n) is 6.09. The number of pyridine rings is 1. The minimum Gasteiger partial charge on any atom is -0.381 e. The lowest BCUT2D eigenvalue weighted by Crippen LogP contribution is -2.43. The summed E-state index contributed by atoms with van der Waals surface area (Å²) < 4.78 is 7.27. The van der Waals surface area contributed by atoms with Gasteiger partial charge in [-0.15, -0.1) is 0 Å². The Kier molecular flexibility index (Phi) is 5.67. The summed E-state index contributed by atoms with van der Waals surface area (Å²) in [6, 6.07) is 14.0. The molecule has 0 unspecified atom stereocenters. The Morgan fingerprint density at radius 3 is 2.45 bits per heavy atom. The number of benzene rings is 1. The number of hydrogen-bond donors (Lipinski definition) is 1. The lowest BCUT2D eigenvalue weighted by molar-refractivity contribution is 0.0590. The zero-order valence-electron chi connectivity index (χ0n) is 18.7. The standard InChI is InChI=1S/C25H30N4O2/c1-24(2,3)19-6-5-7-20(16-19)25(10-14-31-15-11-25)28-23-27-21(17-22(30)29(23)4)18-8-12-26-13-9-18/h5-9,12-13,16-17H,10-11,14-15H2,1-4H3,(H,27,28). The molecular formula is C25H30N4O2. The molecular weight excluding hydrogens is 388 g/mol. The molecule has 0 amide bonds. The van der Waals surface area contributed by atoms with Crippen LogP contribution in [0, 0.1) is 0 Å². The first kappa shape index (κ1) is 21.2. The Labute approximate surface area is 183 Å². The van der Waals surface area contributed by atoms with Crippen LogP contribution in [-0.4, -0.2) is 27.7 Å². The highest BCUT2D eigenvalue weighted by Crippen LogP contribution is 2.37. The zero-order chi connectivity index (χ0) is 22.1. The van der Waals surface area contributed by atoms with E-state index in [1.165, 1.54) is 11.1 Å². The van der Waals surface area contributed by atoms with E-state index in [0.717, 1.165) is 18.4 Å². The average Bonchev–Trinajstić information content (AvgIpc) is 2.77. The molecule has 0 spiro atoms. The van der Waals surface area contributed by atoms with Crippen molar-refractivity contribution >= 4 is 5.95 Å². The van der Waals surface area contributed by atoms with E-state index < -0.39 is 0 Å². The van der Waals surface area contributed by atoms with Crippen molar-refractivity contribution in [3.8, 4) is 11.3 Å². The summed E-state index contributed by atoms with van der Waals surface area (Å²) in [6.45, 7) is 7.98. The molecule has 1 fully saturated rings. The molecule has 3 heterocycles. The molecule has 1 saturated heterocycles. The van der Waals surface area contributed by atoms with Gasteiger partial charge in [-0.2, -0.15) is 0 Å². The fourth-order valence-corrected chi connectivity index (χ4v) is 4.02. The molecule has 0 saturated carbocycles. The summed E-state index contributed by atoms with van der Waals surface area (Å²) in [5, 5.41) is 3.66. The molecule has 0 aliphatic carbocycles. The van der Waals surface area contributed by atoms with Crippen molar-refractivity contribution < 1.29 is 4.74 Å². The van der Waals surface area contributed by atoms with E-state index in [9.17, 15) is 4.79 Å². The molecule has 0 atom stereocenters. The van der Waals surface area contributed by atoms with E-state index in [-0.39, 0.29) is 16.5 Å². The summed E-state index contributed by atoms with van der Waals surface area (Å²) in [4.78, 5) is 21.6. The monoisotopic (exact) mass is 418 g/mol. The molecule has 0 bridgehead atoms. The predicted molar refractivity (Wildman–Crippen MR) is 123 cm³/mol. The SMILES string of the molecule is Cn1c(NC2(c3cccc(C(C)(C)C)c3)CCOCC2)nc(-c2ccncc2)cc1=O. The van der Waals surface area contributed by atoms with Crippen molar-refractivity contribution in [1.29, 1.82) is 0 Å². The first-order valence-electron chi connectivity index (χ1n) is 10.7. The van der Waals surface area contributed by atoms with Crippen LogP contribution in [0.4, 0.5) is 5.95 Å². The van der Waals surface area contributed by atoms with E-state index in [4.69, 9.17) is 9.72 Å². The second-order valence-electron chi connectivity index (χ2n) is 9.25. The van der Waals surface area contributed by atoms with Crippen molar-refractivity contribution in [3.63, 3.8) is 0 Å². The normalized spacial score (nSPS) is 16.1. The summed E-state index contributed by atoms with van der Waals surface area (Å²) in [5.41, 5.74) is 3.58. The van der Waals surface area contributed by atoms with Crippen molar-refractivity contribution in [2.75, 3.05) is 18.5 Å². The fourth-order valence-electron chi connectivity index (χ4n) is 4.02. The van der Waals surface area contributed by atoms with Gasteiger partial charge in [0, 0.05) is 44.3 Å². The number of aromatic nitrogens is 3. The van der Waals surface area contributed by atoms with Gasteiger partial charge in [-0.3, -0.25) is 14.3 Å². The molecule has 2 aromatic heterocycles. The Morgan fingerprint density at radius 1 is 1.06 bits per heavy atom. The van der Waals surface area contributed by atoms with Crippen molar-refractivity contribution in [2.45, 2.75) is 44.6 Å². The molecule has 0 radical (unpaired) electrons.